The number of aliphatic hydroxyl groups is 1. The molecular weight excluding hydrogens is 214 g/mol. The highest BCUT2D eigenvalue weighted by Crippen LogP contribution is 2.05. The van der Waals surface area contributed by atoms with Crippen molar-refractivity contribution in [3.63, 3.8) is 0 Å². The molecule has 0 aliphatic heterocycles. The second-order valence-electron chi connectivity index (χ2n) is 4.57. The van der Waals surface area contributed by atoms with Crippen molar-refractivity contribution < 1.29 is 5.11 Å². The van der Waals surface area contributed by atoms with Gasteiger partial charge in [-0.1, -0.05) is 6.07 Å². The molecule has 2 unspecified atom stereocenters. The Kier molecular flexibility index (Phi) is 3.76. The van der Waals surface area contributed by atoms with Gasteiger partial charge in [-0.25, -0.2) is 4.98 Å². The maximum Gasteiger partial charge on any atom is 0.137 e. The standard InChI is InChI=1S/C13H19N3O/c1-10(7-11(2)17)14-8-12-9-16-6-4-3-5-13(16)15-12/h3-6,9-11,14,17H,7-8H2,1-2H3. The van der Waals surface area contributed by atoms with E-state index in [1.807, 2.05) is 41.9 Å². The summed E-state index contributed by atoms with van der Waals surface area (Å²) in [5.74, 6) is 0. The van der Waals surface area contributed by atoms with Crippen molar-refractivity contribution in [2.45, 2.75) is 39.0 Å². The molecule has 0 saturated carbocycles. The molecule has 2 rings (SSSR count). The van der Waals surface area contributed by atoms with Gasteiger partial charge in [0.2, 0.25) is 0 Å². The fourth-order valence-electron chi connectivity index (χ4n) is 1.95. The van der Waals surface area contributed by atoms with Crippen molar-refractivity contribution in [2.75, 3.05) is 0 Å². The summed E-state index contributed by atoms with van der Waals surface area (Å²) in [4.78, 5) is 4.50. The van der Waals surface area contributed by atoms with E-state index in [2.05, 4.69) is 17.2 Å². The fraction of sp³-hybridized carbons (Fsp3) is 0.462. The summed E-state index contributed by atoms with van der Waals surface area (Å²) < 4.78 is 2.01. The van der Waals surface area contributed by atoms with Crippen molar-refractivity contribution in [3.8, 4) is 0 Å². The van der Waals surface area contributed by atoms with Crippen LogP contribution in [0.15, 0.2) is 30.6 Å². The lowest BCUT2D eigenvalue weighted by Crippen LogP contribution is -2.28. The molecule has 2 aromatic heterocycles. The van der Waals surface area contributed by atoms with Gasteiger partial charge in [0.05, 0.1) is 11.8 Å². The second-order valence-corrected chi connectivity index (χ2v) is 4.57. The van der Waals surface area contributed by atoms with Gasteiger partial charge >= 0.3 is 0 Å². The van der Waals surface area contributed by atoms with Crippen LogP contribution in [0.3, 0.4) is 0 Å². The van der Waals surface area contributed by atoms with Crippen molar-refractivity contribution in [2.24, 2.45) is 0 Å². The number of aromatic nitrogens is 2. The summed E-state index contributed by atoms with van der Waals surface area (Å²) in [5, 5.41) is 12.6. The van der Waals surface area contributed by atoms with Crippen LogP contribution >= 0.6 is 0 Å². The van der Waals surface area contributed by atoms with Gasteiger partial charge in [-0.3, -0.25) is 0 Å². The molecule has 2 atom stereocenters. The lowest BCUT2D eigenvalue weighted by Gasteiger charge is -2.14. The molecule has 2 heterocycles. The minimum absolute atomic E-state index is 0.265. The molecule has 0 saturated heterocycles. The van der Waals surface area contributed by atoms with E-state index < -0.39 is 0 Å². The molecule has 0 spiro atoms. The van der Waals surface area contributed by atoms with Crippen LogP contribution < -0.4 is 5.32 Å². The van der Waals surface area contributed by atoms with E-state index in [0.29, 0.717) is 6.04 Å². The predicted octanol–water partition coefficient (Wildman–Crippen LogP) is 1.58. The van der Waals surface area contributed by atoms with Crippen LogP contribution in [0.4, 0.5) is 0 Å². The molecule has 4 nitrogen and oxygen atoms in total. The number of fused-ring (bicyclic) bond motifs is 1. The van der Waals surface area contributed by atoms with Crippen molar-refractivity contribution in [1.29, 1.82) is 0 Å². The van der Waals surface area contributed by atoms with Crippen LogP contribution in [0.2, 0.25) is 0 Å². The van der Waals surface area contributed by atoms with Crippen LogP contribution in [0.5, 0.6) is 0 Å². The van der Waals surface area contributed by atoms with E-state index >= 15 is 0 Å². The largest absolute Gasteiger partial charge is 0.393 e. The Hall–Kier alpha value is -1.39. The molecule has 2 N–H and O–H groups in total. The molecule has 0 radical (unpaired) electrons. The Balaban J connectivity index is 1.95. The van der Waals surface area contributed by atoms with Crippen LogP contribution in [0, 0.1) is 0 Å². The first-order valence-corrected chi connectivity index (χ1v) is 5.99. The normalized spacial score (nSPS) is 15.0. The summed E-state index contributed by atoms with van der Waals surface area (Å²) in [5.41, 5.74) is 1.99. The minimum atomic E-state index is -0.265. The number of hydrogen-bond donors (Lipinski definition) is 2. The highest BCUT2D eigenvalue weighted by Gasteiger charge is 2.06. The monoisotopic (exact) mass is 233 g/mol. The Morgan fingerprint density at radius 1 is 1.41 bits per heavy atom. The Morgan fingerprint density at radius 3 is 2.94 bits per heavy atom. The molecule has 17 heavy (non-hydrogen) atoms. The fourth-order valence-corrected chi connectivity index (χ4v) is 1.95. The van der Waals surface area contributed by atoms with Crippen molar-refractivity contribution in [1.82, 2.24) is 14.7 Å². The summed E-state index contributed by atoms with van der Waals surface area (Å²) in [6.07, 6.45) is 4.51. The van der Waals surface area contributed by atoms with Gasteiger partial charge in [0.15, 0.2) is 0 Å². The zero-order chi connectivity index (χ0) is 12.3. The summed E-state index contributed by atoms with van der Waals surface area (Å²) in [6.45, 7) is 4.61. The van der Waals surface area contributed by atoms with Gasteiger partial charge in [-0.05, 0) is 32.4 Å². The number of rotatable bonds is 5. The second kappa shape index (κ2) is 5.29. The van der Waals surface area contributed by atoms with Crippen LogP contribution in [-0.4, -0.2) is 26.6 Å². The number of nitrogens with zero attached hydrogens (tertiary/aromatic N) is 2. The number of nitrogens with one attached hydrogen (secondary N) is 1. The lowest BCUT2D eigenvalue weighted by atomic mass is 10.1. The predicted molar refractivity (Wildman–Crippen MR) is 67.8 cm³/mol. The van der Waals surface area contributed by atoms with E-state index in [9.17, 15) is 5.11 Å². The molecule has 0 aliphatic carbocycles. The van der Waals surface area contributed by atoms with Gasteiger partial charge in [-0.2, -0.15) is 0 Å². The zero-order valence-electron chi connectivity index (χ0n) is 10.3. The molecule has 4 heteroatoms. The molecule has 0 aromatic carbocycles. The molecule has 92 valence electrons. The number of pyridine rings is 1. The van der Waals surface area contributed by atoms with E-state index in [1.54, 1.807) is 0 Å². The Morgan fingerprint density at radius 2 is 2.24 bits per heavy atom. The molecule has 0 amide bonds. The number of imidazole rings is 1. The van der Waals surface area contributed by atoms with Crippen LogP contribution in [0.1, 0.15) is 26.0 Å². The van der Waals surface area contributed by atoms with Gasteiger partial charge in [0.1, 0.15) is 5.65 Å². The van der Waals surface area contributed by atoms with Crippen LogP contribution in [-0.2, 0) is 6.54 Å². The quantitative estimate of drug-likeness (QED) is 0.824. The topological polar surface area (TPSA) is 49.6 Å². The van der Waals surface area contributed by atoms with Crippen molar-refractivity contribution in [3.05, 3.63) is 36.3 Å². The summed E-state index contributed by atoms with van der Waals surface area (Å²) >= 11 is 0. The maximum atomic E-state index is 9.27. The van der Waals surface area contributed by atoms with Gasteiger partial charge < -0.3 is 14.8 Å². The third-order valence-electron chi connectivity index (χ3n) is 2.74. The van der Waals surface area contributed by atoms with Crippen molar-refractivity contribution >= 4 is 5.65 Å². The first-order valence-electron chi connectivity index (χ1n) is 5.99. The van der Waals surface area contributed by atoms with Gasteiger partial charge in [0, 0.05) is 25.0 Å². The summed E-state index contributed by atoms with van der Waals surface area (Å²) in [7, 11) is 0. The molecular formula is C13H19N3O. The van der Waals surface area contributed by atoms with Gasteiger partial charge in [0.25, 0.3) is 0 Å². The first kappa shape index (κ1) is 12.1. The molecule has 0 aliphatic rings. The van der Waals surface area contributed by atoms with E-state index in [1.165, 1.54) is 0 Å². The maximum absolute atomic E-state index is 9.27. The van der Waals surface area contributed by atoms with Gasteiger partial charge in [-0.15, -0.1) is 0 Å². The first-order chi connectivity index (χ1) is 8.15. The molecule has 2 aromatic rings. The smallest absolute Gasteiger partial charge is 0.137 e. The average molecular weight is 233 g/mol. The van der Waals surface area contributed by atoms with E-state index in [-0.39, 0.29) is 6.10 Å². The molecule has 0 bridgehead atoms. The number of hydrogen-bond acceptors (Lipinski definition) is 3. The Labute approximate surface area is 101 Å². The average Bonchev–Trinajstić information content (AvgIpc) is 2.68. The molecule has 0 fully saturated rings. The number of aliphatic hydroxyl groups excluding tert-OH is 1. The third kappa shape index (κ3) is 3.28. The van der Waals surface area contributed by atoms with E-state index in [4.69, 9.17) is 0 Å². The zero-order valence-corrected chi connectivity index (χ0v) is 10.3. The highest BCUT2D eigenvalue weighted by molar-refractivity contribution is 5.39. The van der Waals surface area contributed by atoms with Crippen LogP contribution in [0.25, 0.3) is 5.65 Å². The SMILES string of the molecule is CC(O)CC(C)NCc1cn2ccccc2n1. The minimum Gasteiger partial charge on any atom is -0.393 e. The lowest BCUT2D eigenvalue weighted by molar-refractivity contribution is 0.170. The summed E-state index contributed by atoms with van der Waals surface area (Å²) in [6, 6.07) is 6.25. The third-order valence-corrected chi connectivity index (χ3v) is 2.74. The van der Waals surface area contributed by atoms with E-state index in [0.717, 1.165) is 24.3 Å². The Bertz CT molecular complexity index is 445. The highest BCUT2D eigenvalue weighted by atomic mass is 16.3.